The van der Waals surface area contributed by atoms with Crippen LogP contribution in [0.2, 0.25) is 0 Å². The molecule has 38 heavy (non-hydrogen) atoms. The van der Waals surface area contributed by atoms with Crippen LogP contribution in [0.3, 0.4) is 0 Å². The third kappa shape index (κ3) is 3.55. The van der Waals surface area contributed by atoms with Gasteiger partial charge in [-0.3, -0.25) is 29.4 Å². The summed E-state index contributed by atoms with van der Waals surface area (Å²) in [4.78, 5) is 53.5. The molecule has 4 aliphatic rings. The lowest BCUT2D eigenvalue weighted by molar-refractivity contribution is -0.384. The van der Waals surface area contributed by atoms with Crippen LogP contribution in [-0.2, 0) is 14.4 Å². The number of imide groups is 1. The number of anilines is 1. The molecule has 0 spiro atoms. The lowest BCUT2D eigenvalue weighted by Gasteiger charge is -2.45. The molecule has 1 N–H and O–H groups in total. The second-order valence-electron chi connectivity index (χ2n) is 10.7. The predicted molar refractivity (Wildman–Crippen MR) is 140 cm³/mol. The van der Waals surface area contributed by atoms with E-state index in [0.29, 0.717) is 12.1 Å². The largest absolute Gasteiger partial charge is 0.324 e. The molecule has 3 atom stereocenters. The van der Waals surface area contributed by atoms with Gasteiger partial charge in [-0.05, 0) is 46.7 Å². The van der Waals surface area contributed by atoms with E-state index in [0.717, 1.165) is 22.3 Å². The molecule has 8 heteroatoms. The van der Waals surface area contributed by atoms with Gasteiger partial charge in [-0.2, -0.15) is 0 Å². The molecule has 0 saturated carbocycles. The Morgan fingerprint density at radius 2 is 1.29 bits per heavy atom. The first-order chi connectivity index (χ1) is 18.3. The average Bonchev–Trinajstić information content (AvgIpc) is 3.17. The van der Waals surface area contributed by atoms with Crippen molar-refractivity contribution in [2.45, 2.75) is 38.1 Å². The minimum Gasteiger partial charge on any atom is -0.324 e. The van der Waals surface area contributed by atoms with Crippen LogP contribution in [0, 0.1) is 27.9 Å². The van der Waals surface area contributed by atoms with Crippen molar-refractivity contribution in [1.29, 1.82) is 0 Å². The van der Waals surface area contributed by atoms with E-state index < -0.39 is 28.7 Å². The normalized spacial score (nSPS) is 23.6. The minimum atomic E-state index is -0.985. The van der Waals surface area contributed by atoms with Gasteiger partial charge >= 0.3 is 0 Å². The maximum Gasteiger partial charge on any atom is 0.269 e. The Labute approximate surface area is 219 Å². The predicted octanol–water partition coefficient (Wildman–Crippen LogP) is 4.84. The van der Waals surface area contributed by atoms with Gasteiger partial charge in [0.25, 0.3) is 5.69 Å². The van der Waals surface area contributed by atoms with Crippen LogP contribution in [0.5, 0.6) is 0 Å². The first kappa shape index (κ1) is 24.0. The quantitative estimate of drug-likeness (QED) is 0.291. The molecule has 2 bridgehead atoms. The fourth-order valence-electron chi connectivity index (χ4n) is 6.68. The van der Waals surface area contributed by atoms with Gasteiger partial charge in [0.15, 0.2) is 0 Å². The van der Waals surface area contributed by atoms with Gasteiger partial charge in [0, 0.05) is 29.7 Å². The Balaban J connectivity index is 1.37. The van der Waals surface area contributed by atoms with E-state index in [1.807, 2.05) is 62.4 Å². The lowest BCUT2D eigenvalue weighted by Crippen LogP contribution is -2.48. The van der Waals surface area contributed by atoms with E-state index in [9.17, 15) is 24.5 Å². The zero-order chi connectivity index (χ0) is 26.7. The Morgan fingerprint density at radius 3 is 1.68 bits per heavy atom. The number of amides is 3. The first-order valence-corrected chi connectivity index (χ1v) is 12.9. The number of nitro benzene ring substituents is 1. The molecule has 7 rings (SSSR count). The van der Waals surface area contributed by atoms with E-state index in [1.165, 1.54) is 29.2 Å². The van der Waals surface area contributed by atoms with Crippen LogP contribution < -0.4 is 5.32 Å². The molecule has 1 fully saturated rings. The fourth-order valence-corrected chi connectivity index (χ4v) is 6.68. The van der Waals surface area contributed by atoms with Crippen LogP contribution in [0.15, 0.2) is 72.8 Å². The van der Waals surface area contributed by atoms with E-state index in [2.05, 4.69) is 5.32 Å². The van der Waals surface area contributed by atoms with Crippen LogP contribution in [0.1, 0.15) is 54.4 Å². The summed E-state index contributed by atoms with van der Waals surface area (Å²) in [6, 6.07) is 20.6. The molecule has 1 aliphatic heterocycles. The number of carbonyl (C=O) groups excluding carboxylic acids is 3. The van der Waals surface area contributed by atoms with Crippen molar-refractivity contribution in [3.63, 3.8) is 0 Å². The molecule has 3 amide bonds. The Bertz CT molecular complexity index is 1370. The van der Waals surface area contributed by atoms with Gasteiger partial charge in [0.05, 0.1) is 16.8 Å². The van der Waals surface area contributed by atoms with Gasteiger partial charge in [-0.25, -0.2) is 0 Å². The Morgan fingerprint density at radius 1 is 0.842 bits per heavy atom. The number of hydrogen-bond acceptors (Lipinski definition) is 5. The smallest absolute Gasteiger partial charge is 0.269 e. The van der Waals surface area contributed by atoms with Gasteiger partial charge in [0.2, 0.25) is 17.7 Å². The standard InChI is InChI=1S/C30H27N3O5/c1-16(2)15-23(28(34)31-17-11-13-18(14-12-17)33(37)38)32-29(35)26-24-19-7-3-4-8-20(19)25(27(26)30(32)36)22-10-6-5-9-21(22)24/h3-14,16,23-27H,15H2,1-2H3,(H,31,34)/t23-,24?,25?,26-,27-/m1/s1. The van der Waals surface area contributed by atoms with Crippen LogP contribution in [0.4, 0.5) is 11.4 Å². The summed E-state index contributed by atoms with van der Waals surface area (Å²) in [6.07, 6.45) is 0.310. The van der Waals surface area contributed by atoms with Crippen LogP contribution >= 0.6 is 0 Å². The number of likely N-dealkylation sites (tertiary alicyclic amines) is 1. The topological polar surface area (TPSA) is 110 Å². The molecular formula is C30H27N3O5. The molecule has 0 radical (unpaired) electrons. The van der Waals surface area contributed by atoms with E-state index in [1.54, 1.807) is 0 Å². The maximum absolute atomic E-state index is 14.1. The van der Waals surface area contributed by atoms with Crippen molar-refractivity contribution in [3.05, 3.63) is 105 Å². The molecule has 1 saturated heterocycles. The monoisotopic (exact) mass is 509 g/mol. The minimum absolute atomic E-state index is 0.0388. The van der Waals surface area contributed by atoms with Crippen molar-refractivity contribution in [2.24, 2.45) is 17.8 Å². The summed E-state index contributed by atoms with van der Waals surface area (Å²) in [5.74, 6) is -2.63. The van der Waals surface area contributed by atoms with Crippen molar-refractivity contribution >= 4 is 29.1 Å². The number of nitrogens with one attached hydrogen (secondary N) is 1. The number of hydrogen-bond donors (Lipinski definition) is 1. The second kappa shape index (κ2) is 8.90. The lowest BCUT2D eigenvalue weighted by atomic mass is 9.55. The summed E-state index contributed by atoms with van der Waals surface area (Å²) in [6.45, 7) is 3.89. The third-order valence-corrected chi connectivity index (χ3v) is 8.14. The van der Waals surface area contributed by atoms with Crippen molar-refractivity contribution < 1.29 is 19.3 Å². The van der Waals surface area contributed by atoms with E-state index in [-0.39, 0.29) is 35.3 Å². The third-order valence-electron chi connectivity index (χ3n) is 8.14. The molecule has 3 aromatic rings. The Hall–Kier alpha value is -4.33. The highest BCUT2D eigenvalue weighted by molar-refractivity contribution is 6.11. The molecular weight excluding hydrogens is 482 g/mol. The van der Waals surface area contributed by atoms with Crippen molar-refractivity contribution in [3.8, 4) is 0 Å². The molecule has 0 aromatic heterocycles. The summed E-state index contributed by atoms with van der Waals surface area (Å²) in [5.41, 5.74) is 4.59. The summed E-state index contributed by atoms with van der Waals surface area (Å²) < 4.78 is 0. The number of carbonyl (C=O) groups is 3. The number of non-ortho nitro benzene ring substituents is 1. The van der Waals surface area contributed by atoms with Gasteiger partial charge < -0.3 is 5.32 Å². The van der Waals surface area contributed by atoms with Gasteiger partial charge in [-0.15, -0.1) is 0 Å². The molecule has 0 unspecified atom stereocenters. The first-order valence-electron chi connectivity index (χ1n) is 12.9. The summed E-state index contributed by atoms with van der Waals surface area (Å²) >= 11 is 0. The van der Waals surface area contributed by atoms with E-state index >= 15 is 0 Å². The summed E-state index contributed by atoms with van der Waals surface area (Å²) in [7, 11) is 0. The molecule has 3 aliphatic carbocycles. The second-order valence-corrected chi connectivity index (χ2v) is 10.7. The number of benzene rings is 3. The number of rotatable bonds is 6. The zero-order valence-electron chi connectivity index (χ0n) is 21.0. The van der Waals surface area contributed by atoms with Crippen LogP contribution in [0.25, 0.3) is 0 Å². The maximum atomic E-state index is 14.1. The number of nitrogens with zero attached hydrogens (tertiary/aromatic N) is 2. The van der Waals surface area contributed by atoms with Gasteiger partial charge in [-0.1, -0.05) is 62.4 Å². The molecule has 8 nitrogen and oxygen atoms in total. The number of nitro groups is 1. The summed E-state index contributed by atoms with van der Waals surface area (Å²) in [5, 5.41) is 13.8. The van der Waals surface area contributed by atoms with Crippen molar-refractivity contribution in [2.75, 3.05) is 5.32 Å². The van der Waals surface area contributed by atoms with Crippen LogP contribution in [-0.4, -0.2) is 33.6 Å². The van der Waals surface area contributed by atoms with E-state index in [4.69, 9.17) is 0 Å². The zero-order valence-corrected chi connectivity index (χ0v) is 21.0. The SMILES string of the molecule is CC(C)C[C@H](C(=O)Nc1ccc([N+](=O)[O-])cc1)N1C(=O)[C@@H]2C3c4ccccc4C(c4ccccc43)[C@H]2C1=O. The highest BCUT2D eigenvalue weighted by atomic mass is 16.6. The van der Waals surface area contributed by atoms with Gasteiger partial charge in [0.1, 0.15) is 6.04 Å². The van der Waals surface area contributed by atoms with Crippen molar-refractivity contribution in [1.82, 2.24) is 4.90 Å². The average molecular weight is 510 g/mol. The Kier molecular flexibility index (Phi) is 5.63. The molecule has 192 valence electrons. The molecule has 3 aromatic carbocycles. The highest BCUT2D eigenvalue weighted by Gasteiger charge is 2.63. The molecule has 1 heterocycles. The fraction of sp³-hybridized carbons (Fsp3) is 0.300. The highest BCUT2D eigenvalue weighted by Crippen LogP contribution is 2.61.